The molecular formula is C13H17N3OS. The van der Waals surface area contributed by atoms with Gasteiger partial charge in [0.05, 0.1) is 17.7 Å². The van der Waals surface area contributed by atoms with Gasteiger partial charge in [0.2, 0.25) is 0 Å². The normalized spacial score (nSPS) is 12.3. The Bertz CT molecular complexity index is 473. The summed E-state index contributed by atoms with van der Waals surface area (Å²) >= 11 is 1.64. The van der Waals surface area contributed by atoms with Gasteiger partial charge in [-0.05, 0) is 24.6 Å². The zero-order valence-electron chi connectivity index (χ0n) is 10.3. The molecule has 0 aliphatic rings. The van der Waals surface area contributed by atoms with E-state index in [2.05, 4.69) is 10.4 Å². The van der Waals surface area contributed by atoms with Gasteiger partial charge in [-0.1, -0.05) is 12.1 Å². The van der Waals surface area contributed by atoms with Crippen molar-refractivity contribution in [2.45, 2.75) is 19.4 Å². The van der Waals surface area contributed by atoms with Crippen LogP contribution in [0, 0.1) is 0 Å². The van der Waals surface area contributed by atoms with Crippen LogP contribution in [0.4, 0.5) is 0 Å². The Balaban J connectivity index is 2.13. The number of aromatic nitrogens is 1. The van der Waals surface area contributed by atoms with Gasteiger partial charge in [0.1, 0.15) is 5.75 Å². The molecule has 5 heteroatoms. The zero-order valence-corrected chi connectivity index (χ0v) is 11.1. The third-order valence-electron chi connectivity index (χ3n) is 2.63. The SMILES string of the molecule is CCOc1cccc(C(Cc2nccs2)NN)c1. The van der Waals surface area contributed by atoms with Crippen LogP contribution < -0.4 is 16.0 Å². The zero-order chi connectivity index (χ0) is 12.8. The molecule has 96 valence electrons. The number of thiazole rings is 1. The van der Waals surface area contributed by atoms with E-state index in [1.54, 1.807) is 11.3 Å². The molecule has 0 spiro atoms. The molecule has 3 N–H and O–H groups in total. The molecule has 1 heterocycles. The van der Waals surface area contributed by atoms with E-state index in [-0.39, 0.29) is 6.04 Å². The molecule has 0 bridgehead atoms. The topological polar surface area (TPSA) is 60.2 Å². The highest BCUT2D eigenvalue weighted by Gasteiger charge is 2.12. The van der Waals surface area contributed by atoms with Crippen LogP contribution in [0.5, 0.6) is 5.75 Å². The average Bonchev–Trinajstić information content (AvgIpc) is 2.89. The molecule has 1 aromatic carbocycles. The van der Waals surface area contributed by atoms with E-state index in [4.69, 9.17) is 10.6 Å². The van der Waals surface area contributed by atoms with E-state index < -0.39 is 0 Å². The lowest BCUT2D eigenvalue weighted by atomic mass is 10.0. The van der Waals surface area contributed by atoms with Gasteiger partial charge in [-0.15, -0.1) is 11.3 Å². The lowest BCUT2D eigenvalue weighted by molar-refractivity contribution is 0.339. The molecule has 2 rings (SSSR count). The van der Waals surface area contributed by atoms with Crippen molar-refractivity contribution < 1.29 is 4.74 Å². The second-order valence-electron chi connectivity index (χ2n) is 3.85. The summed E-state index contributed by atoms with van der Waals surface area (Å²) in [4.78, 5) is 4.28. The summed E-state index contributed by atoms with van der Waals surface area (Å²) in [5, 5.41) is 3.04. The van der Waals surface area contributed by atoms with E-state index in [0.29, 0.717) is 6.61 Å². The van der Waals surface area contributed by atoms with Crippen LogP contribution in [-0.4, -0.2) is 11.6 Å². The predicted molar refractivity (Wildman–Crippen MR) is 73.5 cm³/mol. The second kappa shape index (κ2) is 6.49. The minimum Gasteiger partial charge on any atom is -0.494 e. The molecule has 0 aliphatic heterocycles. The molecule has 1 unspecified atom stereocenters. The molecule has 0 fully saturated rings. The van der Waals surface area contributed by atoms with Crippen LogP contribution in [0.15, 0.2) is 35.8 Å². The fraction of sp³-hybridized carbons (Fsp3) is 0.308. The number of rotatable bonds is 6. The van der Waals surface area contributed by atoms with Crippen LogP contribution in [0.25, 0.3) is 0 Å². The number of hydrogen-bond acceptors (Lipinski definition) is 5. The first-order valence-corrected chi connectivity index (χ1v) is 6.78. The van der Waals surface area contributed by atoms with Gasteiger partial charge in [-0.2, -0.15) is 0 Å². The minimum atomic E-state index is 0.0524. The van der Waals surface area contributed by atoms with Crippen molar-refractivity contribution >= 4 is 11.3 Å². The quantitative estimate of drug-likeness (QED) is 0.620. The van der Waals surface area contributed by atoms with Crippen molar-refractivity contribution in [1.82, 2.24) is 10.4 Å². The molecule has 18 heavy (non-hydrogen) atoms. The molecule has 0 saturated carbocycles. The number of hydrazine groups is 1. The molecule has 0 amide bonds. The first-order valence-electron chi connectivity index (χ1n) is 5.90. The number of nitrogens with one attached hydrogen (secondary N) is 1. The number of benzene rings is 1. The summed E-state index contributed by atoms with van der Waals surface area (Å²) in [5.74, 6) is 6.50. The summed E-state index contributed by atoms with van der Waals surface area (Å²) in [6, 6.07) is 8.04. The standard InChI is InChI=1S/C13H17N3OS/c1-2-17-11-5-3-4-10(8-11)12(16-14)9-13-15-6-7-18-13/h3-8,12,16H,2,9,14H2,1H3. The van der Waals surface area contributed by atoms with E-state index in [9.17, 15) is 0 Å². The van der Waals surface area contributed by atoms with Gasteiger partial charge < -0.3 is 4.74 Å². The van der Waals surface area contributed by atoms with Crippen molar-refractivity contribution in [2.24, 2.45) is 5.84 Å². The van der Waals surface area contributed by atoms with Crippen molar-refractivity contribution in [1.29, 1.82) is 0 Å². The maximum atomic E-state index is 5.63. The number of nitrogens with zero attached hydrogens (tertiary/aromatic N) is 1. The fourth-order valence-corrected chi connectivity index (χ4v) is 2.45. The van der Waals surface area contributed by atoms with Crippen LogP contribution >= 0.6 is 11.3 Å². The Hall–Kier alpha value is -1.43. The lowest BCUT2D eigenvalue weighted by Crippen LogP contribution is -2.29. The first kappa shape index (κ1) is 13.0. The van der Waals surface area contributed by atoms with Crippen LogP contribution in [0.2, 0.25) is 0 Å². The summed E-state index contributed by atoms with van der Waals surface area (Å²) in [5.41, 5.74) is 3.95. The fourth-order valence-electron chi connectivity index (χ4n) is 1.79. The number of ether oxygens (including phenoxy) is 1. The van der Waals surface area contributed by atoms with Crippen LogP contribution in [0.1, 0.15) is 23.5 Å². The van der Waals surface area contributed by atoms with Gasteiger partial charge in [0.25, 0.3) is 0 Å². The van der Waals surface area contributed by atoms with Gasteiger partial charge >= 0.3 is 0 Å². The van der Waals surface area contributed by atoms with Gasteiger partial charge in [-0.25, -0.2) is 4.98 Å². The monoisotopic (exact) mass is 263 g/mol. The largest absolute Gasteiger partial charge is 0.494 e. The smallest absolute Gasteiger partial charge is 0.119 e. The summed E-state index contributed by atoms with van der Waals surface area (Å²) in [6.45, 7) is 2.64. The molecule has 0 saturated heterocycles. The molecule has 1 aromatic heterocycles. The van der Waals surface area contributed by atoms with Gasteiger partial charge in [0.15, 0.2) is 0 Å². The lowest BCUT2D eigenvalue weighted by Gasteiger charge is -2.16. The Morgan fingerprint density at radius 3 is 3.06 bits per heavy atom. The number of hydrogen-bond donors (Lipinski definition) is 2. The summed E-state index contributed by atoms with van der Waals surface area (Å²) in [6.07, 6.45) is 2.59. The maximum Gasteiger partial charge on any atom is 0.119 e. The number of nitrogens with two attached hydrogens (primary N) is 1. The molecule has 0 aliphatic carbocycles. The van der Waals surface area contributed by atoms with E-state index in [1.807, 2.05) is 42.8 Å². The van der Waals surface area contributed by atoms with Gasteiger partial charge in [-0.3, -0.25) is 11.3 Å². The Kier molecular flexibility index (Phi) is 4.69. The highest BCUT2D eigenvalue weighted by Crippen LogP contribution is 2.22. The predicted octanol–water partition coefficient (Wildman–Crippen LogP) is 2.29. The van der Waals surface area contributed by atoms with E-state index >= 15 is 0 Å². The third-order valence-corrected chi connectivity index (χ3v) is 3.44. The van der Waals surface area contributed by atoms with Crippen molar-refractivity contribution in [3.8, 4) is 5.75 Å². The summed E-state index contributed by atoms with van der Waals surface area (Å²) in [7, 11) is 0. The van der Waals surface area contributed by atoms with Gasteiger partial charge in [0, 0.05) is 18.0 Å². The molecule has 0 radical (unpaired) electrons. The molecule has 2 aromatic rings. The van der Waals surface area contributed by atoms with Crippen molar-refractivity contribution in [3.63, 3.8) is 0 Å². The Labute approximate surface area is 111 Å². The van der Waals surface area contributed by atoms with Crippen LogP contribution in [0.3, 0.4) is 0 Å². The van der Waals surface area contributed by atoms with Crippen molar-refractivity contribution in [3.05, 3.63) is 46.4 Å². The molecule has 4 nitrogen and oxygen atoms in total. The second-order valence-corrected chi connectivity index (χ2v) is 4.83. The van der Waals surface area contributed by atoms with Crippen molar-refractivity contribution in [2.75, 3.05) is 6.61 Å². The third kappa shape index (κ3) is 3.29. The first-order chi connectivity index (χ1) is 8.83. The van der Waals surface area contributed by atoms with E-state index in [0.717, 1.165) is 22.7 Å². The Morgan fingerprint density at radius 2 is 2.39 bits per heavy atom. The maximum absolute atomic E-state index is 5.63. The molecule has 1 atom stereocenters. The summed E-state index contributed by atoms with van der Waals surface area (Å²) < 4.78 is 5.49. The highest BCUT2D eigenvalue weighted by atomic mass is 32.1. The van der Waals surface area contributed by atoms with E-state index in [1.165, 1.54) is 0 Å². The molecular weight excluding hydrogens is 246 g/mol. The Morgan fingerprint density at radius 1 is 1.50 bits per heavy atom. The average molecular weight is 263 g/mol. The van der Waals surface area contributed by atoms with Crippen LogP contribution in [-0.2, 0) is 6.42 Å². The highest BCUT2D eigenvalue weighted by molar-refractivity contribution is 7.09. The minimum absolute atomic E-state index is 0.0524.